The van der Waals surface area contributed by atoms with Crippen LogP contribution in [0.5, 0.6) is 0 Å². The Labute approximate surface area is 211 Å². The van der Waals surface area contributed by atoms with Gasteiger partial charge in [-0.2, -0.15) is 0 Å². The molecule has 0 bridgehead atoms. The van der Waals surface area contributed by atoms with E-state index in [2.05, 4.69) is 30.9 Å². The fourth-order valence-electron chi connectivity index (χ4n) is 3.04. The number of carbonyl (C=O) groups is 5. The maximum absolute atomic E-state index is 13.0. The second kappa shape index (κ2) is 15.7. The van der Waals surface area contributed by atoms with Gasteiger partial charge >= 0.3 is 5.97 Å². The quantitative estimate of drug-likeness (QED) is 0.0521. The number of primary amides is 1. The van der Waals surface area contributed by atoms with Crippen LogP contribution in [0.25, 0.3) is 0 Å². The van der Waals surface area contributed by atoms with E-state index in [0.29, 0.717) is 12.1 Å². The van der Waals surface area contributed by atoms with Gasteiger partial charge in [-0.15, -0.1) is 0 Å². The molecule has 17 heteroatoms. The van der Waals surface area contributed by atoms with Crippen molar-refractivity contribution in [2.45, 2.75) is 56.3 Å². The van der Waals surface area contributed by atoms with Crippen LogP contribution in [0.3, 0.4) is 0 Å². The summed E-state index contributed by atoms with van der Waals surface area (Å²) in [5.74, 6) is -4.83. The Morgan fingerprint density at radius 2 is 1.59 bits per heavy atom. The topological polar surface area (TPSA) is 307 Å². The maximum Gasteiger partial charge on any atom is 0.326 e. The minimum absolute atomic E-state index is 0.0611. The van der Waals surface area contributed by atoms with Gasteiger partial charge < -0.3 is 54.1 Å². The number of aliphatic imine (C=N–C) groups is 1. The van der Waals surface area contributed by atoms with E-state index in [1.165, 1.54) is 12.5 Å². The van der Waals surface area contributed by atoms with Crippen LogP contribution < -0.4 is 38.9 Å². The molecule has 0 saturated carbocycles. The number of amides is 4. The predicted octanol–water partition coefficient (Wildman–Crippen LogP) is -4.87. The number of carboxylic acids is 1. The third-order valence-electron chi connectivity index (χ3n) is 5.03. The summed E-state index contributed by atoms with van der Waals surface area (Å²) in [6.45, 7) is -0.625. The Balaban J connectivity index is 2.87. The minimum atomic E-state index is -1.56. The number of imidazole rings is 1. The van der Waals surface area contributed by atoms with E-state index in [0.717, 1.165) is 0 Å². The van der Waals surface area contributed by atoms with Gasteiger partial charge in [0, 0.05) is 31.3 Å². The number of nitrogens with two attached hydrogens (primary N) is 4. The summed E-state index contributed by atoms with van der Waals surface area (Å²) < 4.78 is 0. The van der Waals surface area contributed by atoms with Crippen LogP contribution in [0.15, 0.2) is 17.5 Å². The number of nitrogens with zero attached hydrogens (tertiary/aromatic N) is 2. The standard InChI is InChI=1S/C20H34N10O7/c21-11(2-1-5-26-20(23)24)16(33)29-13(6-10-7-25-9-27-10)17(34)30-14(8-31)18(35)28-12(19(36)37)3-4-15(22)32/h7,9,11-14,31H,1-6,8,21H2,(H2,22,32)(H,25,27)(H,28,35)(H,29,33)(H,30,34)(H,36,37)(H4,23,24,26). The lowest BCUT2D eigenvalue weighted by Gasteiger charge is -2.24. The number of carbonyl (C=O) groups excluding carboxylic acids is 4. The molecule has 0 fully saturated rings. The van der Waals surface area contributed by atoms with E-state index in [1.807, 2.05) is 0 Å². The molecule has 0 saturated heterocycles. The number of aromatic nitrogens is 2. The summed E-state index contributed by atoms with van der Waals surface area (Å²) in [6.07, 6.45) is 2.74. The first-order chi connectivity index (χ1) is 17.4. The number of aliphatic hydroxyl groups is 1. The summed E-state index contributed by atoms with van der Waals surface area (Å²) in [7, 11) is 0. The molecule has 1 heterocycles. The molecule has 17 nitrogen and oxygen atoms in total. The molecule has 0 spiro atoms. The molecule has 0 aliphatic heterocycles. The number of hydrogen-bond acceptors (Lipinski definition) is 9. The number of guanidine groups is 1. The second-order valence-electron chi connectivity index (χ2n) is 8.05. The van der Waals surface area contributed by atoms with Crippen molar-refractivity contribution in [3.63, 3.8) is 0 Å². The maximum atomic E-state index is 13.0. The van der Waals surface area contributed by atoms with Crippen molar-refractivity contribution in [3.05, 3.63) is 18.2 Å². The van der Waals surface area contributed by atoms with E-state index in [4.69, 9.17) is 22.9 Å². The molecule has 4 atom stereocenters. The van der Waals surface area contributed by atoms with Gasteiger partial charge in [-0.3, -0.25) is 24.2 Å². The van der Waals surface area contributed by atoms with Crippen molar-refractivity contribution in [1.82, 2.24) is 25.9 Å². The first kappa shape index (κ1) is 30.8. The van der Waals surface area contributed by atoms with Gasteiger partial charge in [-0.25, -0.2) is 9.78 Å². The largest absolute Gasteiger partial charge is 0.480 e. The number of rotatable bonds is 17. The number of nitrogens with one attached hydrogen (secondary N) is 4. The fourth-order valence-corrected chi connectivity index (χ4v) is 3.04. The fraction of sp³-hybridized carbons (Fsp3) is 0.550. The highest BCUT2D eigenvalue weighted by Crippen LogP contribution is 2.03. The van der Waals surface area contributed by atoms with Gasteiger partial charge in [0.15, 0.2) is 5.96 Å². The highest BCUT2D eigenvalue weighted by atomic mass is 16.4. The molecule has 0 radical (unpaired) electrons. The van der Waals surface area contributed by atoms with Crippen molar-refractivity contribution in [1.29, 1.82) is 0 Å². The first-order valence-electron chi connectivity index (χ1n) is 11.3. The summed E-state index contributed by atoms with van der Waals surface area (Å²) in [5, 5.41) is 25.8. The zero-order valence-electron chi connectivity index (χ0n) is 20.1. The van der Waals surface area contributed by atoms with Gasteiger partial charge in [0.25, 0.3) is 0 Å². The van der Waals surface area contributed by atoms with E-state index >= 15 is 0 Å². The smallest absolute Gasteiger partial charge is 0.326 e. The van der Waals surface area contributed by atoms with E-state index in [1.54, 1.807) is 0 Å². The number of H-pyrrole nitrogens is 1. The van der Waals surface area contributed by atoms with Crippen LogP contribution in [0, 0.1) is 0 Å². The van der Waals surface area contributed by atoms with E-state index in [-0.39, 0.29) is 38.2 Å². The summed E-state index contributed by atoms with van der Waals surface area (Å²) in [5.41, 5.74) is 21.9. The normalized spacial score (nSPS) is 13.9. The molecule has 0 aliphatic carbocycles. The van der Waals surface area contributed by atoms with Gasteiger partial charge in [-0.05, 0) is 19.3 Å². The lowest BCUT2D eigenvalue weighted by molar-refractivity contribution is -0.143. The molecule has 0 aromatic carbocycles. The van der Waals surface area contributed by atoms with Gasteiger partial charge in [0.2, 0.25) is 23.6 Å². The average molecular weight is 527 g/mol. The number of aliphatic carboxylic acids is 1. The SMILES string of the molecule is NC(=O)CCC(NC(=O)C(CO)NC(=O)C(Cc1cnc[nH]1)NC(=O)C(N)CCCN=C(N)N)C(=O)O. The van der Waals surface area contributed by atoms with Crippen molar-refractivity contribution >= 4 is 35.6 Å². The van der Waals surface area contributed by atoms with Crippen molar-refractivity contribution < 1.29 is 34.2 Å². The Bertz CT molecular complexity index is 949. The highest BCUT2D eigenvalue weighted by molar-refractivity contribution is 5.94. The van der Waals surface area contributed by atoms with Crippen molar-refractivity contribution in [2.24, 2.45) is 27.9 Å². The van der Waals surface area contributed by atoms with Gasteiger partial charge in [-0.1, -0.05) is 0 Å². The third-order valence-corrected chi connectivity index (χ3v) is 5.03. The highest BCUT2D eigenvalue weighted by Gasteiger charge is 2.30. The van der Waals surface area contributed by atoms with Crippen LogP contribution in [0.2, 0.25) is 0 Å². The van der Waals surface area contributed by atoms with Gasteiger partial charge in [0.1, 0.15) is 18.1 Å². The Kier molecular flexibility index (Phi) is 13.0. The zero-order chi connectivity index (χ0) is 28.0. The van der Waals surface area contributed by atoms with Crippen LogP contribution in [-0.4, -0.2) is 93.1 Å². The number of hydrogen-bond donors (Lipinski definition) is 10. The molecule has 1 aromatic heterocycles. The van der Waals surface area contributed by atoms with Crippen LogP contribution >= 0.6 is 0 Å². The molecule has 1 aromatic rings. The van der Waals surface area contributed by atoms with Crippen molar-refractivity contribution in [2.75, 3.05) is 13.2 Å². The Morgan fingerprint density at radius 3 is 2.14 bits per heavy atom. The van der Waals surface area contributed by atoms with Crippen LogP contribution in [-0.2, 0) is 30.4 Å². The number of carboxylic acid groups (broad SMARTS) is 1. The van der Waals surface area contributed by atoms with Crippen molar-refractivity contribution in [3.8, 4) is 0 Å². The molecular formula is C20H34N10O7. The molecule has 4 amide bonds. The Morgan fingerprint density at radius 1 is 0.973 bits per heavy atom. The minimum Gasteiger partial charge on any atom is -0.480 e. The molecule has 0 aliphatic rings. The van der Waals surface area contributed by atoms with E-state index < -0.39 is 60.4 Å². The third kappa shape index (κ3) is 11.8. The van der Waals surface area contributed by atoms with E-state index in [9.17, 15) is 34.2 Å². The monoisotopic (exact) mass is 526 g/mol. The van der Waals surface area contributed by atoms with Crippen LogP contribution in [0.1, 0.15) is 31.4 Å². The van der Waals surface area contributed by atoms with Gasteiger partial charge in [0.05, 0.1) is 19.0 Å². The molecule has 1 rings (SSSR count). The Hall–Kier alpha value is -4.25. The molecule has 4 unspecified atom stereocenters. The molecule has 206 valence electrons. The molecular weight excluding hydrogens is 492 g/mol. The number of aliphatic hydroxyl groups excluding tert-OH is 1. The molecule has 14 N–H and O–H groups in total. The summed E-state index contributed by atoms with van der Waals surface area (Å²) in [6, 6.07) is -5.27. The first-order valence-corrected chi connectivity index (χ1v) is 11.3. The predicted molar refractivity (Wildman–Crippen MR) is 129 cm³/mol. The summed E-state index contributed by atoms with van der Waals surface area (Å²) in [4.78, 5) is 70.8. The lowest BCUT2D eigenvalue weighted by Crippen LogP contribution is -2.58. The van der Waals surface area contributed by atoms with Crippen LogP contribution in [0.4, 0.5) is 0 Å². The molecule has 37 heavy (non-hydrogen) atoms. The average Bonchev–Trinajstić information content (AvgIpc) is 3.34. The summed E-state index contributed by atoms with van der Waals surface area (Å²) >= 11 is 0. The second-order valence-corrected chi connectivity index (χ2v) is 8.05. The lowest BCUT2D eigenvalue weighted by atomic mass is 10.1. The zero-order valence-corrected chi connectivity index (χ0v) is 20.1. The number of aromatic amines is 1.